The van der Waals surface area contributed by atoms with Gasteiger partial charge in [-0.25, -0.2) is 4.39 Å². The maximum atomic E-state index is 13.4. The van der Waals surface area contributed by atoms with Crippen molar-refractivity contribution in [2.75, 3.05) is 0 Å². The highest BCUT2D eigenvalue weighted by atomic mass is 19.4. The van der Waals surface area contributed by atoms with Gasteiger partial charge in [-0.05, 0) is 12.8 Å². The largest absolute Gasteiger partial charge is 0.399 e. The van der Waals surface area contributed by atoms with Crippen LogP contribution in [0, 0.1) is 17.3 Å². The zero-order valence-corrected chi connectivity index (χ0v) is 8.77. The summed E-state index contributed by atoms with van der Waals surface area (Å²) < 4.78 is 51.8. The highest BCUT2D eigenvalue weighted by Crippen LogP contribution is 2.50. The summed E-state index contributed by atoms with van der Waals surface area (Å²) in [6.07, 6.45) is -2.84. The molecule has 1 heterocycles. The van der Waals surface area contributed by atoms with Gasteiger partial charge in [0.2, 0.25) is 0 Å². The van der Waals surface area contributed by atoms with Crippen LogP contribution in [0.3, 0.4) is 0 Å². The lowest BCUT2D eigenvalue weighted by molar-refractivity contribution is -0.209. The Morgan fingerprint density at radius 1 is 1.40 bits per heavy atom. The predicted molar refractivity (Wildman–Crippen MR) is 50.2 cm³/mol. The third kappa shape index (κ3) is 1.92. The molecule has 1 aliphatic heterocycles. The Hall–Kier alpha value is -0.870. The third-order valence-corrected chi connectivity index (χ3v) is 2.76. The van der Waals surface area contributed by atoms with Gasteiger partial charge in [0.25, 0.3) is 0 Å². The zero-order valence-electron chi connectivity index (χ0n) is 8.77. The Kier molecular flexibility index (Phi) is 2.94. The molecule has 0 aromatic heterocycles. The highest BCUT2D eigenvalue weighted by Gasteiger charge is 2.57. The Balaban J connectivity index is 3.19. The maximum absolute atomic E-state index is 13.4. The monoisotopic (exact) mass is 223 g/mol. The second kappa shape index (κ2) is 3.61. The van der Waals surface area contributed by atoms with E-state index in [4.69, 9.17) is 0 Å². The summed E-state index contributed by atoms with van der Waals surface area (Å²) in [5.41, 5.74) is -2.21. The van der Waals surface area contributed by atoms with Gasteiger partial charge in [-0.1, -0.05) is 13.8 Å². The molecule has 0 aromatic carbocycles. The molecule has 0 aliphatic carbocycles. The van der Waals surface area contributed by atoms with Crippen LogP contribution in [-0.4, -0.2) is 12.4 Å². The molecule has 0 N–H and O–H groups in total. The molecule has 2 unspecified atom stereocenters. The Bertz CT molecular complexity index is 303. The van der Waals surface area contributed by atoms with Crippen LogP contribution in [0.25, 0.3) is 0 Å². The van der Waals surface area contributed by atoms with Gasteiger partial charge in [0.15, 0.2) is 0 Å². The molecule has 5 heteroatoms. The molecular formula is C10H13F4N. The second-order valence-corrected chi connectivity index (χ2v) is 4.29. The molecule has 86 valence electrons. The topological polar surface area (TPSA) is 12.4 Å². The summed E-state index contributed by atoms with van der Waals surface area (Å²) in [5.74, 6) is -2.41. The van der Waals surface area contributed by atoms with Crippen LogP contribution in [0.1, 0.15) is 20.8 Å². The molecule has 0 bridgehead atoms. The smallest absolute Gasteiger partial charge is 0.265 e. The summed E-state index contributed by atoms with van der Waals surface area (Å²) in [7, 11) is 0. The predicted octanol–water partition coefficient (Wildman–Crippen LogP) is 3.72. The SMILES string of the molecule is CC(C)C1C(F)=CN=CC1(C)C(F)(F)F. The van der Waals surface area contributed by atoms with E-state index >= 15 is 0 Å². The van der Waals surface area contributed by atoms with Gasteiger partial charge in [-0.2, -0.15) is 13.2 Å². The molecule has 1 nitrogen and oxygen atoms in total. The van der Waals surface area contributed by atoms with E-state index in [9.17, 15) is 17.6 Å². The van der Waals surface area contributed by atoms with E-state index in [2.05, 4.69) is 4.99 Å². The fourth-order valence-electron chi connectivity index (χ4n) is 1.97. The van der Waals surface area contributed by atoms with E-state index in [1.54, 1.807) is 13.8 Å². The fraction of sp³-hybridized carbons (Fsp3) is 0.700. The van der Waals surface area contributed by atoms with Crippen LogP contribution in [0.15, 0.2) is 17.0 Å². The molecule has 0 saturated carbocycles. The molecule has 0 radical (unpaired) electrons. The summed E-state index contributed by atoms with van der Waals surface area (Å²) >= 11 is 0. The van der Waals surface area contributed by atoms with Crippen LogP contribution in [0.2, 0.25) is 0 Å². The molecule has 0 spiro atoms. The van der Waals surface area contributed by atoms with Crippen molar-refractivity contribution < 1.29 is 17.6 Å². The Morgan fingerprint density at radius 3 is 2.27 bits per heavy atom. The number of allylic oxidation sites excluding steroid dienone is 1. The average Bonchev–Trinajstić information content (AvgIpc) is 2.00. The van der Waals surface area contributed by atoms with Crippen molar-refractivity contribution in [1.29, 1.82) is 0 Å². The van der Waals surface area contributed by atoms with Crippen LogP contribution in [-0.2, 0) is 0 Å². The first-order valence-corrected chi connectivity index (χ1v) is 4.67. The van der Waals surface area contributed by atoms with E-state index in [-0.39, 0.29) is 0 Å². The highest BCUT2D eigenvalue weighted by molar-refractivity contribution is 5.70. The van der Waals surface area contributed by atoms with E-state index < -0.39 is 29.3 Å². The van der Waals surface area contributed by atoms with Crippen molar-refractivity contribution in [2.45, 2.75) is 26.9 Å². The molecule has 0 saturated heterocycles. The minimum absolute atomic E-state index is 0.431. The number of rotatable bonds is 1. The van der Waals surface area contributed by atoms with Crippen LogP contribution in [0.4, 0.5) is 17.6 Å². The quantitative estimate of drug-likeness (QED) is 0.601. The summed E-state index contributed by atoms with van der Waals surface area (Å²) in [5, 5.41) is 0. The first-order valence-electron chi connectivity index (χ1n) is 4.67. The van der Waals surface area contributed by atoms with Gasteiger partial charge < -0.3 is 0 Å². The van der Waals surface area contributed by atoms with Crippen molar-refractivity contribution in [3.8, 4) is 0 Å². The molecule has 0 aromatic rings. The summed E-state index contributed by atoms with van der Waals surface area (Å²) in [6, 6.07) is 0. The van der Waals surface area contributed by atoms with E-state index in [1.165, 1.54) is 0 Å². The number of aliphatic imine (C=N–C) groups is 1. The third-order valence-electron chi connectivity index (χ3n) is 2.76. The molecule has 15 heavy (non-hydrogen) atoms. The lowest BCUT2D eigenvalue weighted by atomic mass is 9.70. The summed E-state index contributed by atoms with van der Waals surface area (Å²) in [4.78, 5) is 3.33. The Morgan fingerprint density at radius 2 is 1.93 bits per heavy atom. The first kappa shape index (κ1) is 12.2. The summed E-state index contributed by atoms with van der Waals surface area (Å²) in [6.45, 7) is 4.12. The standard InChI is InChI=1S/C10H13F4N/c1-6(2)8-7(11)4-15-5-9(8,3)10(12,13)14/h4-6,8H,1-3H3. The van der Waals surface area contributed by atoms with Crippen molar-refractivity contribution in [3.05, 3.63) is 12.0 Å². The zero-order chi connectivity index (χ0) is 11.9. The van der Waals surface area contributed by atoms with Gasteiger partial charge in [0.05, 0.1) is 6.20 Å². The van der Waals surface area contributed by atoms with Gasteiger partial charge >= 0.3 is 6.18 Å². The van der Waals surface area contributed by atoms with Crippen LogP contribution < -0.4 is 0 Å². The molecule has 0 fully saturated rings. The average molecular weight is 223 g/mol. The lowest BCUT2D eigenvalue weighted by Gasteiger charge is -2.39. The van der Waals surface area contributed by atoms with Crippen molar-refractivity contribution in [1.82, 2.24) is 0 Å². The van der Waals surface area contributed by atoms with Crippen LogP contribution in [0.5, 0.6) is 0 Å². The van der Waals surface area contributed by atoms with E-state index in [0.29, 0.717) is 0 Å². The normalized spacial score (nSPS) is 32.0. The number of nitrogens with zero attached hydrogens (tertiary/aromatic N) is 1. The van der Waals surface area contributed by atoms with E-state index in [1.807, 2.05) is 0 Å². The van der Waals surface area contributed by atoms with Gasteiger partial charge in [-0.3, -0.25) is 4.99 Å². The molecular weight excluding hydrogens is 210 g/mol. The fourth-order valence-corrected chi connectivity index (χ4v) is 1.97. The van der Waals surface area contributed by atoms with Gasteiger partial charge in [0, 0.05) is 12.1 Å². The number of halogens is 4. The minimum atomic E-state index is -4.49. The van der Waals surface area contributed by atoms with Gasteiger partial charge in [-0.15, -0.1) is 0 Å². The second-order valence-electron chi connectivity index (χ2n) is 4.29. The maximum Gasteiger partial charge on any atom is 0.399 e. The molecule has 0 amide bonds. The van der Waals surface area contributed by atoms with E-state index in [0.717, 1.165) is 19.3 Å². The molecule has 2 atom stereocenters. The van der Waals surface area contributed by atoms with Crippen LogP contribution >= 0.6 is 0 Å². The lowest BCUT2D eigenvalue weighted by Crippen LogP contribution is -2.46. The number of hydrogen-bond donors (Lipinski definition) is 0. The van der Waals surface area contributed by atoms with Crippen molar-refractivity contribution in [3.63, 3.8) is 0 Å². The molecule has 1 rings (SSSR count). The Labute approximate surface area is 85.9 Å². The first-order chi connectivity index (χ1) is 6.70. The van der Waals surface area contributed by atoms with Crippen molar-refractivity contribution >= 4 is 6.21 Å². The van der Waals surface area contributed by atoms with Gasteiger partial charge in [0.1, 0.15) is 11.2 Å². The van der Waals surface area contributed by atoms with Crippen molar-refractivity contribution in [2.24, 2.45) is 22.2 Å². The number of hydrogen-bond acceptors (Lipinski definition) is 1. The number of alkyl halides is 3. The molecule has 1 aliphatic rings. The minimum Gasteiger partial charge on any atom is -0.265 e.